The Labute approximate surface area is 166 Å². The topological polar surface area (TPSA) is 108 Å². The van der Waals surface area contributed by atoms with Gasteiger partial charge in [-0.2, -0.15) is 4.72 Å². The van der Waals surface area contributed by atoms with Crippen molar-refractivity contribution in [2.75, 3.05) is 18.4 Å². The SMILES string of the molecule is CC(=O)Nc1ccc(S(=O)(=O)NC(C)C(=O)N2CCNC(C)C2C)cc1.Cl. The molecule has 0 saturated carbocycles. The van der Waals surface area contributed by atoms with E-state index in [0.29, 0.717) is 18.8 Å². The number of halogens is 1. The second-order valence-electron chi connectivity index (χ2n) is 6.56. The Bertz CT molecular complexity index is 770. The number of piperazine rings is 1. The number of amides is 2. The van der Waals surface area contributed by atoms with Crippen molar-refractivity contribution in [3.8, 4) is 0 Å². The number of nitrogens with zero attached hydrogens (tertiary/aromatic N) is 1. The molecular formula is C17H27ClN4O4S. The van der Waals surface area contributed by atoms with E-state index in [-0.39, 0.29) is 41.2 Å². The molecule has 3 atom stereocenters. The fraction of sp³-hybridized carbons (Fsp3) is 0.529. The van der Waals surface area contributed by atoms with E-state index in [1.165, 1.54) is 31.2 Å². The van der Waals surface area contributed by atoms with Crippen LogP contribution in [0, 0.1) is 0 Å². The Balaban J connectivity index is 0.00000364. The minimum absolute atomic E-state index is 0. The maximum absolute atomic E-state index is 12.7. The lowest BCUT2D eigenvalue weighted by Crippen LogP contribution is -2.60. The molecule has 152 valence electrons. The molecule has 0 aromatic heterocycles. The molecule has 0 aliphatic carbocycles. The average molecular weight is 419 g/mol. The zero-order chi connectivity index (χ0) is 19.5. The molecule has 1 heterocycles. The van der Waals surface area contributed by atoms with E-state index < -0.39 is 16.1 Å². The summed E-state index contributed by atoms with van der Waals surface area (Å²) in [5.74, 6) is -0.485. The summed E-state index contributed by atoms with van der Waals surface area (Å²) in [4.78, 5) is 25.4. The molecule has 0 radical (unpaired) electrons. The van der Waals surface area contributed by atoms with Crippen LogP contribution in [0.25, 0.3) is 0 Å². The fourth-order valence-corrected chi connectivity index (χ4v) is 4.09. The number of anilines is 1. The van der Waals surface area contributed by atoms with E-state index in [2.05, 4.69) is 15.4 Å². The monoisotopic (exact) mass is 418 g/mol. The first kappa shape index (κ1) is 23.4. The summed E-state index contributed by atoms with van der Waals surface area (Å²) in [5.41, 5.74) is 0.504. The number of rotatable bonds is 5. The van der Waals surface area contributed by atoms with Gasteiger partial charge in [0.05, 0.1) is 10.9 Å². The zero-order valence-corrected chi connectivity index (χ0v) is 17.5. The largest absolute Gasteiger partial charge is 0.336 e. The van der Waals surface area contributed by atoms with Crippen LogP contribution in [0.15, 0.2) is 29.2 Å². The molecule has 1 aromatic carbocycles. The van der Waals surface area contributed by atoms with Gasteiger partial charge in [0, 0.05) is 37.8 Å². The number of sulfonamides is 1. The first-order valence-electron chi connectivity index (χ1n) is 8.55. The van der Waals surface area contributed by atoms with E-state index in [1.807, 2.05) is 13.8 Å². The molecule has 2 rings (SSSR count). The fourth-order valence-electron chi connectivity index (χ4n) is 2.89. The van der Waals surface area contributed by atoms with Gasteiger partial charge in [-0.1, -0.05) is 0 Å². The molecule has 3 unspecified atom stereocenters. The quantitative estimate of drug-likeness (QED) is 0.659. The van der Waals surface area contributed by atoms with Crippen molar-refractivity contribution >= 4 is 39.9 Å². The van der Waals surface area contributed by atoms with Gasteiger partial charge in [-0.3, -0.25) is 9.59 Å². The Kier molecular flexibility index (Phi) is 8.22. The van der Waals surface area contributed by atoms with Gasteiger partial charge in [-0.15, -0.1) is 12.4 Å². The summed E-state index contributed by atoms with van der Waals surface area (Å²) in [7, 11) is -3.85. The van der Waals surface area contributed by atoms with Crippen molar-refractivity contribution in [3.63, 3.8) is 0 Å². The predicted molar refractivity (Wildman–Crippen MR) is 106 cm³/mol. The van der Waals surface area contributed by atoms with Crippen molar-refractivity contribution < 1.29 is 18.0 Å². The maximum Gasteiger partial charge on any atom is 0.241 e. The molecule has 3 N–H and O–H groups in total. The second kappa shape index (κ2) is 9.50. The second-order valence-corrected chi connectivity index (χ2v) is 8.28. The molecule has 2 amide bonds. The summed E-state index contributed by atoms with van der Waals surface area (Å²) in [5, 5.41) is 5.86. The minimum atomic E-state index is -3.85. The third-order valence-corrected chi connectivity index (χ3v) is 6.06. The highest BCUT2D eigenvalue weighted by molar-refractivity contribution is 7.89. The summed E-state index contributed by atoms with van der Waals surface area (Å²) < 4.78 is 27.5. The van der Waals surface area contributed by atoms with Gasteiger partial charge in [0.2, 0.25) is 21.8 Å². The number of carbonyl (C=O) groups is 2. The van der Waals surface area contributed by atoms with Gasteiger partial charge in [-0.25, -0.2) is 8.42 Å². The third-order valence-electron chi connectivity index (χ3n) is 4.50. The summed E-state index contributed by atoms with van der Waals surface area (Å²) in [6.45, 7) is 8.08. The Hall–Kier alpha value is -1.68. The van der Waals surface area contributed by atoms with Crippen LogP contribution in [0.1, 0.15) is 27.7 Å². The zero-order valence-electron chi connectivity index (χ0n) is 15.9. The Morgan fingerprint density at radius 3 is 2.37 bits per heavy atom. The minimum Gasteiger partial charge on any atom is -0.336 e. The van der Waals surface area contributed by atoms with E-state index in [9.17, 15) is 18.0 Å². The van der Waals surface area contributed by atoms with E-state index in [0.717, 1.165) is 0 Å². The smallest absolute Gasteiger partial charge is 0.241 e. The Morgan fingerprint density at radius 1 is 1.22 bits per heavy atom. The average Bonchev–Trinajstić information content (AvgIpc) is 2.56. The lowest BCUT2D eigenvalue weighted by Gasteiger charge is -2.39. The Morgan fingerprint density at radius 2 is 1.81 bits per heavy atom. The molecule has 0 spiro atoms. The first-order chi connectivity index (χ1) is 12.1. The maximum atomic E-state index is 12.7. The van der Waals surface area contributed by atoms with Gasteiger partial charge in [0.25, 0.3) is 0 Å². The molecule has 1 saturated heterocycles. The van der Waals surface area contributed by atoms with Crippen molar-refractivity contribution in [3.05, 3.63) is 24.3 Å². The highest BCUT2D eigenvalue weighted by Gasteiger charge is 2.32. The molecule has 10 heteroatoms. The normalized spacial score (nSPS) is 21.1. The van der Waals surface area contributed by atoms with Crippen molar-refractivity contribution in [2.45, 2.75) is 50.7 Å². The van der Waals surface area contributed by atoms with Crippen LogP contribution in [0.2, 0.25) is 0 Å². The van der Waals surface area contributed by atoms with Crippen LogP contribution in [-0.4, -0.2) is 56.3 Å². The highest BCUT2D eigenvalue weighted by Crippen LogP contribution is 2.16. The van der Waals surface area contributed by atoms with Crippen LogP contribution < -0.4 is 15.4 Å². The molecular weight excluding hydrogens is 392 g/mol. The number of hydrogen-bond donors (Lipinski definition) is 3. The van der Waals surface area contributed by atoms with Crippen LogP contribution in [0.3, 0.4) is 0 Å². The molecule has 27 heavy (non-hydrogen) atoms. The van der Waals surface area contributed by atoms with E-state index in [1.54, 1.807) is 11.8 Å². The number of nitrogens with one attached hydrogen (secondary N) is 3. The molecule has 1 aliphatic rings. The molecule has 1 fully saturated rings. The molecule has 8 nitrogen and oxygen atoms in total. The van der Waals surface area contributed by atoms with Crippen molar-refractivity contribution in [1.29, 1.82) is 0 Å². The van der Waals surface area contributed by atoms with Crippen molar-refractivity contribution in [2.24, 2.45) is 0 Å². The van der Waals surface area contributed by atoms with Crippen molar-refractivity contribution in [1.82, 2.24) is 14.9 Å². The van der Waals surface area contributed by atoms with E-state index >= 15 is 0 Å². The van der Waals surface area contributed by atoms with Crippen LogP contribution in [0.4, 0.5) is 5.69 Å². The van der Waals surface area contributed by atoms with Gasteiger partial charge in [0.1, 0.15) is 0 Å². The lowest BCUT2D eigenvalue weighted by molar-refractivity contribution is -0.136. The number of carbonyl (C=O) groups excluding carboxylic acids is 2. The number of hydrogen-bond acceptors (Lipinski definition) is 5. The van der Waals surface area contributed by atoms with Gasteiger partial charge in [-0.05, 0) is 45.0 Å². The highest BCUT2D eigenvalue weighted by atomic mass is 35.5. The molecule has 1 aliphatic heterocycles. The predicted octanol–water partition coefficient (Wildman–Crippen LogP) is 0.942. The van der Waals surface area contributed by atoms with Crippen LogP contribution >= 0.6 is 12.4 Å². The first-order valence-corrected chi connectivity index (χ1v) is 10.0. The summed E-state index contributed by atoms with van der Waals surface area (Å²) >= 11 is 0. The molecule has 0 bridgehead atoms. The summed E-state index contributed by atoms with van der Waals surface area (Å²) in [6.07, 6.45) is 0. The van der Waals surface area contributed by atoms with Gasteiger partial charge < -0.3 is 15.5 Å². The van der Waals surface area contributed by atoms with Crippen LogP contribution in [-0.2, 0) is 19.6 Å². The lowest BCUT2D eigenvalue weighted by atomic mass is 10.1. The van der Waals surface area contributed by atoms with Gasteiger partial charge >= 0.3 is 0 Å². The van der Waals surface area contributed by atoms with Gasteiger partial charge in [0.15, 0.2) is 0 Å². The molecule has 1 aromatic rings. The summed E-state index contributed by atoms with van der Waals surface area (Å²) in [6, 6.07) is 5.05. The standard InChI is InChI=1S/C17H26N4O4S.ClH/c1-11-13(3)21(10-9-18-11)17(23)12(2)20-26(24,25)16-7-5-15(6-8-16)19-14(4)22;/h5-8,11-13,18,20H,9-10H2,1-4H3,(H,19,22);1H. The third kappa shape index (κ3) is 5.90. The number of benzene rings is 1. The van der Waals surface area contributed by atoms with Crippen LogP contribution in [0.5, 0.6) is 0 Å². The van der Waals surface area contributed by atoms with E-state index in [4.69, 9.17) is 0 Å².